The molecule has 0 fully saturated rings. The maximum Gasteiger partial charge on any atom is 0.218 e. The van der Waals surface area contributed by atoms with Crippen LogP contribution >= 0.6 is 0 Å². The molecular weight excluding hydrogens is 178 g/mol. The Morgan fingerprint density at radius 3 is 3.00 bits per heavy atom. The van der Waals surface area contributed by atoms with Gasteiger partial charge >= 0.3 is 0 Å². The quantitative estimate of drug-likeness (QED) is 0.727. The molecule has 1 heterocycles. The molecule has 0 atom stereocenters. The van der Waals surface area contributed by atoms with Gasteiger partial charge in [-0.2, -0.15) is 4.98 Å². The van der Waals surface area contributed by atoms with E-state index in [4.69, 9.17) is 11.2 Å². The molecule has 0 bridgehead atoms. The number of nitrogens with one attached hydrogen (secondary N) is 1. The van der Waals surface area contributed by atoms with Gasteiger partial charge in [-0.25, -0.2) is 4.98 Å². The Morgan fingerprint density at radius 1 is 1.57 bits per heavy atom. The lowest BCUT2D eigenvalue weighted by Crippen LogP contribution is -2.04. The van der Waals surface area contributed by atoms with E-state index in [-0.39, 0.29) is 0 Å². The van der Waals surface area contributed by atoms with Gasteiger partial charge in [0.25, 0.3) is 0 Å². The van der Waals surface area contributed by atoms with E-state index in [0.29, 0.717) is 30.7 Å². The summed E-state index contributed by atoms with van der Waals surface area (Å²) in [6.07, 6.45) is 5.12. The van der Waals surface area contributed by atoms with E-state index in [0.717, 1.165) is 0 Å². The molecule has 0 aliphatic heterocycles. The zero-order valence-electron chi connectivity index (χ0n) is 8.37. The highest BCUT2D eigenvalue weighted by Crippen LogP contribution is 2.12. The van der Waals surface area contributed by atoms with E-state index in [1.165, 1.54) is 0 Å². The fraction of sp³-hybridized carbons (Fsp3) is 0.400. The van der Waals surface area contributed by atoms with Gasteiger partial charge in [-0.1, -0.05) is 5.92 Å². The van der Waals surface area contributed by atoms with E-state index in [1.54, 1.807) is 6.07 Å². The Bertz CT molecular complexity index is 344. The highest BCUT2D eigenvalue weighted by molar-refractivity contribution is 5.39. The van der Waals surface area contributed by atoms with E-state index in [2.05, 4.69) is 21.2 Å². The molecule has 0 aliphatic carbocycles. The van der Waals surface area contributed by atoms with Crippen molar-refractivity contribution in [2.75, 3.05) is 18.5 Å². The first kappa shape index (κ1) is 10.3. The normalized spacial score (nSPS) is 9.21. The van der Waals surface area contributed by atoms with Gasteiger partial charge in [0.05, 0.1) is 13.2 Å². The van der Waals surface area contributed by atoms with Crippen LogP contribution in [0.15, 0.2) is 6.07 Å². The molecule has 0 radical (unpaired) electrons. The van der Waals surface area contributed by atoms with Gasteiger partial charge < -0.3 is 10.1 Å². The highest BCUT2D eigenvalue weighted by Gasteiger charge is 2.00. The van der Waals surface area contributed by atoms with Gasteiger partial charge in [0.1, 0.15) is 11.6 Å². The van der Waals surface area contributed by atoms with E-state index < -0.39 is 0 Å². The van der Waals surface area contributed by atoms with Crippen molar-refractivity contribution in [3.8, 4) is 18.2 Å². The number of rotatable bonds is 4. The predicted octanol–water partition coefficient (Wildman–Crippen LogP) is 1.23. The van der Waals surface area contributed by atoms with Crippen molar-refractivity contribution < 1.29 is 4.74 Å². The zero-order valence-corrected chi connectivity index (χ0v) is 8.37. The molecule has 0 spiro atoms. The number of nitrogens with zero attached hydrogens (tertiary/aromatic N) is 2. The number of hydrogen-bond acceptors (Lipinski definition) is 4. The molecule has 0 aromatic carbocycles. The second kappa shape index (κ2) is 5.07. The van der Waals surface area contributed by atoms with Crippen LogP contribution < -0.4 is 10.1 Å². The van der Waals surface area contributed by atoms with Gasteiger partial charge in [-0.3, -0.25) is 0 Å². The summed E-state index contributed by atoms with van der Waals surface area (Å²) in [6.45, 7) is 4.75. The molecule has 74 valence electrons. The number of aryl methyl sites for hydroxylation is 1. The second-order valence-corrected chi connectivity index (χ2v) is 2.63. The third kappa shape index (κ3) is 2.94. The number of aromatic nitrogens is 2. The second-order valence-electron chi connectivity index (χ2n) is 2.63. The van der Waals surface area contributed by atoms with Crippen molar-refractivity contribution >= 4 is 5.82 Å². The molecule has 1 aromatic heterocycles. The number of terminal acetylenes is 1. The SMILES string of the molecule is C#CCNc1cc(OCC)nc(C)n1. The van der Waals surface area contributed by atoms with E-state index in [1.807, 2.05) is 13.8 Å². The van der Waals surface area contributed by atoms with Gasteiger partial charge in [0, 0.05) is 6.07 Å². The highest BCUT2D eigenvalue weighted by atomic mass is 16.5. The summed E-state index contributed by atoms with van der Waals surface area (Å²) in [5, 5.41) is 2.97. The van der Waals surface area contributed by atoms with Crippen LogP contribution in [0, 0.1) is 19.3 Å². The first-order valence-corrected chi connectivity index (χ1v) is 4.42. The molecule has 0 aliphatic rings. The van der Waals surface area contributed by atoms with Crippen LogP contribution in [0.1, 0.15) is 12.7 Å². The smallest absolute Gasteiger partial charge is 0.218 e. The van der Waals surface area contributed by atoms with Gasteiger partial charge in [-0.15, -0.1) is 6.42 Å². The van der Waals surface area contributed by atoms with Gasteiger partial charge in [0.15, 0.2) is 0 Å². The molecular formula is C10H13N3O. The number of ether oxygens (including phenoxy) is 1. The van der Waals surface area contributed by atoms with Crippen LogP contribution in [-0.2, 0) is 0 Å². The molecule has 1 aromatic rings. The Labute approximate surface area is 83.7 Å². The monoisotopic (exact) mass is 191 g/mol. The fourth-order valence-electron chi connectivity index (χ4n) is 0.994. The Morgan fingerprint density at radius 2 is 2.36 bits per heavy atom. The molecule has 1 rings (SSSR count). The fourth-order valence-corrected chi connectivity index (χ4v) is 0.994. The summed E-state index contributed by atoms with van der Waals surface area (Å²) in [4.78, 5) is 8.26. The third-order valence-electron chi connectivity index (χ3n) is 1.48. The predicted molar refractivity (Wildman–Crippen MR) is 55.3 cm³/mol. The lowest BCUT2D eigenvalue weighted by molar-refractivity contribution is 0.325. The molecule has 0 saturated carbocycles. The molecule has 0 amide bonds. The molecule has 0 saturated heterocycles. The van der Waals surface area contributed by atoms with Gasteiger partial charge in [0.2, 0.25) is 5.88 Å². The standard InChI is InChI=1S/C10H13N3O/c1-4-6-11-9-7-10(14-5-2)13-8(3)12-9/h1,7H,5-6H2,2-3H3,(H,11,12,13). The van der Waals surface area contributed by atoms with Crippen molar-refractivity contribution in [1.29, 1.82) is 0 Å². The van der Waals surface area contributed by atoms with E-state index in [9.17, 15) is 0 Å². The first-order chi connectivity index (χ1) is 6.76. The summed E-state index contributed by atoms with van der Waals surface area (Å²) < 4.78 is 5.26. The lowest BCUT2D eigenvalue weighted by atomic mass is 10.5. The molecule has 1 N–H and O–H groups in total. The molecule has 0 unspecified atom stereocenters. The largest absolute Gasteiger partial charge is 0.478 e. The Kier molecular flexibility index (Phi) is 3.74. The Balaban J connectivity index is 2.79. The summed E-state index contributed by atoms with van der Waals surface area (Å²) in [6, 6.07) is 1.73. The lowest BCUT2D eigenvalue weighted by Gasteiger charge is -2.06. The van der Waals surface area contributed by atoms with Crippen molar-refractivity contribution in [3.05, 3.63) is 11.9 Å². The summed E-state index contributed by atoms with van der Waals surface area (Å²) >= 11 is 0. The van der Waals surface area contributed by atoms with Crippen molar-refractivity contribution in [2.45, 2.75) is 13.8 Å². The summed E-state index contributed by atoms with van der Waals surface area (Å²) in [5.41, 5.74) is 0. The maximum absolute atomic E-state index is 5.26. The first-order valence-electron chi connectivity index (χ1n) is 4.42. The van der Waals surface area contributed by atoms with Crippen LogP contribution in [0.3, 0.4) is 0 Å². The zero-order chi connectivity index (χ0) is 10.4. The van der Waals surface area contributed by atoms with Crippen LogP contribution in [0.4, 0.5) is 5.82 Å². The van der Waals surface area contributed by atoms with Crippen molar-refractivity contribution in [3.63, 3.8) is 0 Å². The molecule has 14 heavy (non-hydrogen) atoms. The van der Waals surface area contributed by atoms with Crippen LogP contribution in [0.2, 0.25) is 0 Å². The minimum absolute atomic E-state index is 0.446. The molecule has 4 nitrogen and oxygen atoms in total. The minimum atomic E-state index is 0.446. The number of hydrogen-bond donors (Lipinski definition) is 1. The number of anilines is 1. The van der Waals surface area contributed by atoms with Gasteiger partial charge in [-0.05, 0) is 13.8 Å². The van der Waals surface area contributed by atoms with Crippen LogP contribution in [0.5, 0.6) is 5.88 Å². The molecule has 4 heteroatoms. The van der Waals surface area contributed by atoms with E-state index >= 15 is 0 Å². The van der Waals surface area contributed by atoms with Crippen molar-refractivity contribution in [2.24, 2.45) is 0 Å². The Hall–Kier alpha value is -1.76. The summed E-state index contributed by atoms with van der Waals surface area (Å²) in [5.74, 6) is 4.40. The topological polar surface area (TPSA) is 47.0 Å². The average Bonchev–Trinajstić information content (AvgIpc) is 2.14. The van der Waals surface area contributed by atoms with Crippen LogP contribution in [0.25, 0.3) is 0 Å². The minimum Gasteiger partial charge on any atom is -0.478 e. The third-order valence-corrected chi connectivity index (χ3v) is 1.48. The van der Waals surface area contributed by atoms with Crippen LogP contribution in [-0.4, -0.2) is 23.1 Å². The average molecular weight is 191 g/mol. The summed E-state index contributed by atoms with van der Waals surface area (Å²) in [7, 11) is 0. The van der Waals surface area contributed by atoms with Crippen molar-refractivity contribution in [1.82, 2.24) is 9.97 Å². The maximum atomic E-state index is 5.26.